The van der Waals surface area contributed by atoms with E-state index < -0.39 is 4.92 Å². The van der Waals surface area contributed by atoms with Crippen molar-refractivity contribution in [2.45, 2.75) is 0 Å². The number of hydrogen-bond acceptors (Lipinski definition) is 6. The van der Waals surface area contributed by atoms with E-state index in [2.05, 4.69) is 42.4 Å². The molecular weight excluding hydrogens is 446 g/mol. The zero-order chi connectivity index (χ0) is 17.7. The second-order valence-electron chi connectivity index (χ2n) is 4.50. The van der Waals surface area contributed by atoms with Gasteiger partial charge in [0.25, 0.3) is 5.69 Å². The number of ether oxygens (including phenoxy) is 2. The van der Waals surface area contributed by atoms with Gasteiger partial charge in [0, 0.05) is 17.7 Å². The van der Waals surface area contributed by atoms with Gasteiger partial charge in [-0.1, -0.05) is 0 Å². The van der Waals surface area contributed by atoms with Crippen molar-refractivity contribution in [3.8, 4) is 11.5 Å². The highest BCUT2D eigenvalue weighted by Crippen LogP contribution is 2.42. The molecule has 2 aromatic carbocycles. The molecule has 0 saturated carbocycles. The standard InChI is InChI=1S/C15H13Br2N3O4/c1-23-14-9(7-12(16)15(24-2)13(14)17)8-18-19-10-3-5-11(6-4-10)20(21)22/h3-8,19H,1-2H3/b18-8+. The van der Waals surface area contributed by atoms with Crippen LogP contribution >= 0.6 is 31.9 Å². The summed E-state index contributed by atoms with van der Waals surface area (Å²) in [6, 6.07) is 7.76. The van der Waals surface area contributed by atoms with Crippen molar-refractivity contribution in [3.05, 3.63) is 55.0 Å². The van der Waals surface area contributed by atoms with Crippen molar-refractivity contribution >= 4 is 49.4 Å². The topological polar surface area (TPSA) is 86.0 Å². The van der Waals surface area contributed by atoms with Crippen molar-refractivity contribution in [2.24, 2.45) is 5.10 Å². The van der Waals surface area contributed by atoms with Gasteiger partial charge in [-0.3, -0.25) is 15.5 Å². The first-order valence-electron chi connectivity index (χ1n) is 6.61. The maximum absolute atomic E-state index is 10.6. The number of benzene rings is 2. The van der Waals surface area contributed by atoms with Crippen LogP contribution in [0, 0.1) is 10.1 Å². The number of methoxy groups -OCH3 is 2. The molecule has 0 bridgehead atoms. The zero-order valence-electron chi connectivity index (χ0n) is 12.7. The van der Waals surface area contributed by atoms with Gasteiger partial charge in [-0.05, 0) is 50.1 Å². The SMILES string of the molecule is COc1c(Br)cc(/C=N/Nc2ccc([N+](=O)[O-])cc2)c(OC)c1Br. The molecule has 0 spiro atoms. The third kappa shape index (κ3) is 4.04. The van der Waals surface area contributed by atoms with E-state index in [1.807, 2.05) is 6.07 Å². The van der Waals surface area contributed by atoms with Gasteiger partial charge in [0.15, 0.2) is 5.75 Å². The number of nitro benzene ring substituents is 1. The molecule has 0 unspecified atom stereocenters. The lowest BCUT2D eigenvalue weighted by Crippen LogP contribution is -1.98. The Labute approximate surface area is 155 Å². The Morgan fingerprint density at radius 3 is 2.33 bits per heavy atom. The molecule has 126 valence electrons. The molecular formula is C15H13Br2N3O4. The molecule has 0 amide bonds. The molecule has 0 atom stereocenters. The minimum absolute atomic E-state index is 0.0224. The number of hydrazone groups is 1. The lowest BCUT2D eigenvalue weighted by molar-refractivity contribution is -0.384. The molecule has 0 aromatic heterocycles. The van der Waals surface area contributed by atoms with Crippen LogP contribution < -0.4 is 14.9 Å². The van der Waals surface area contributed by atoms with Gasteiger partial charge in [0.05, 0.1) is 35.5 Å². The van der Waals surface area contributed by atoms with Gasteiger partial charge in [0.1, 0.15) is 10.2 Å². The van der Waals surface area contributed by atoms with E-state index in [1.165, 1.54) is 12.1 Å². The number of hydrogen-bond donors (Lipinski definition) is 1. The molecule has 0 saturated heterocycles. The summed E-state index contributed by atoms with van der Waals surface area (Å²) in [5.74, 6) is 1.19. The maximum atomic E-state index is 10.6. The highest BCUT2D eigenvalue weighted by molar-refractivity contribution is 9.11. The maximum Gasteiger partial charge on any atom is 0.269 e. The van der Waals surface area contributed by atoms with E-state index in [9.17, 15) is 10.1 Å². The molecule has 24 heavy (non-hydrogen) atoms. The van der Waals surface area contributed by atoms with Gasteiger partial charge in [0.2, 0.25) is 0 Å². The molecule has 9 heteroatoms. The summed E-state index contributed by atoms with van der Waals surface area (Å²) in [6.45, 7) is 0. The molecule has 1 N–H and O–H groups in total. The fourth-order valence-corrected chi connectivity index (χ4v) is 3.57. The van der Waals surface area contributed by atoms with E-state index in [0.717, 1.165) is 4.47 Å². The van der Waals surface area contributed by atoms with E-state index >= 15 is 0 Å². The molecule has 0 aliphatic rings. The molecule has 0 aliphatic carbocycles. The molecule has 0 fully saturated rings. The fraction of sp³-hybridized carbons (Fsp3) is 0.133. The van der Waals surface area contributed by atoms with Crippen molar-refractivity contribution < 1.29 is 14.4 Å². The molecule has 7 nitrogen and oxygen atoms in total. The Morgan fingerprint density at radius 1 is 1.17 bits per heavy atom. The van der Waals surface area contributed by atoms with Gasteiger partial charge < -0.3 is 9.47 Å². The normalized spacial score (nSPS) is 10.7. The summed E-state index contributed by atoms with van der Waals surface area (Å²) in [6.07, 6.45) is 1.58. The quantitative estimate of drug-likeness (QED) is 0.389. The molecule has 0 radical (unpaired) electrons. The van der Waals surface area contributed by atoms with Crippen LogP contribution in [0.15, 0.2) is 44.4 Å². The van der Waals surface area contributed by atoms with Crippen LogP contribution in [0.1, 0.15) is 5.56 Å². The van der Waals surface area contributed by atoms with Crippen LogP contribution in [0.4, 0.5) is 11.4 Å². The third-order valence-corrected chi connectivity index (χ3v) is 4.35. The molecule has 2 rings (SSSR count). The van der Waals surface area contributed by atoms with E-state index in [4.69, 9.17) is 9.47 Å². The Bertz CT molecular complexity index is 779. The van der Waals surface area contributed by atoms with E-state index in [0.29, 0.717) is 27.2 Å². The monoisotopic (exact) mass is 457 g/mol. The Morgan fingerprint density at radius 2 is 1.79 bits per heavy atom. The van der Waals surface area contributed by atoms with Crippen LogP contribution in [-0.2, 0) is 0 Å². The first kappa shape index (κ1) is 18.2. The zero-order valence-corrected chi connectivity index (χ0v) is 15.9. The lowest BCUT2D eigenvalue weighted by atomic mass is 10.2. The summed E-state index contributed by atoms with van der Waals surface area (Å²) in [4.78, 5) is 10.2. The molecule has 0 heterocycles. The second kappa shape index (κ2) is 8.11. The highest BCUT2D eigenvalue weighted by Gasteiger charge is 2.15. The summed E-state index contributed by atoms with van der Waals surface area (Å²) < 4.78 is 12.1. The van der Waals surface area contributed by atoms with Crippen molar-refractivity contribution in [3.63, 3.8) is 0 Å². The number of nitrogens with zero attached hydrogens (tertiary/aromatic N) is 2. The Hall–Kier alpha value is -2.13. The van der Waals surface area contributed by atoms with E-state index in [1.54, 1.807) is 32.6 Å². The third-order valence-electron chi connectivity index (χ3n) is 3.04. The summed E-state index contributed by atoms with van der Waals surface area (Å²) in [7, 11) is 3.11. The molecule has 2 aromatic rings. The lowest BCUT2D eigenvalue weighted by Gasteiger charge is -2.13. The van der Waals surface area contributed by atoms with Crippen LogP contribution in [0.5, 0.6) is 11.5 Å². The van der Waals surface area contributed by atoms with E-state index in [-0.39, 0.29) is 5.69 Å². The number of nitrogens with one attached hydrogen (secondary N) is 1. The summed E-state index contributed by atoms with van der Waals surface area (Å²) in [5.41, 5.74) is 4.17. The van der Waals surface area contributed by atoms with Gasteiger partial charge in [-0.15, -0.1) is 0 Å². The Balaban J connectivity index is 2.21. The van der Waals surface area contributed by atoms with Crippen LogP contribution in [-0.4, -0.2) is 25.4 Å². The number of nitro groups is 1. The largest absolute Gasteiger partial charge is 0.495 e. The second-order valence-corrected chi connectivity index (χ2v) is 6.15. The highest BCUT2D eigenvalue weighted by atomic mass is 79.9. The van der Waals surface area contributed by atoms with Crippen LogP contribution in [0.25, 0.3) is 0 Å². The number of halogens is 2. The first-order chi connectivity index (χ1) is 11.5. The average Bonchev–Trinajstić information content (AvgIpc) is 2.55. The van der Waals surface area contributed by atoms with Gasteiger partial charge in [-0.2, -0.15) is 5.10 Å². The van der Waals surface area contributed by atoms with Crippen LogP contribution in [0.3, 0.4) is 0 Å². The predicted molar refractivity (Wildman–Crippen MR) is 99.3 cm³/mol. The fourth-order valence-electron chi connectivity index (χ4n) is 1.93. The summed E-state index contributed by atoms with van der Waals surface area (Å²) >= 11 is 6.86. The van der Waals surface area contributed by atoms with Crippen LogP contribution in [0.2, 0.25) is 0 Å². The molecule has 0 aliphatic heterocycles. The van der Waals surface area contributed by atoms with Crippen molar-refractivity contribution in [2.75, 3.05) is 19.6 Å². The average molecular weight is 459 g/mol. The Kier molecular flexibility index (Phi) is 6.16. The van der Waals surface area contributed by atoms with Gasteiger partial charge in [-0.25, -0.2) is 0 Å². The number of non-ortho nitro benzene ring substituents is 1. The van der Waals surface area contributed by atoms with Crippen molar-refractivity contribution in [1.29, 1.82) is 0 Å². The predicted octanol–water partition coefficient (Wildman–Crippen LogP) is 4.58. The number of rotatable bonds is 6. The van der Waals surface area contributed by atoms with Crippen molar-refractivity contribution in [1.82, 2.24) is 0 Å². The van der Waals surface area contributed by atoms with Gasteiger partial charge >= 0.3 is 0 Å². The minimum Gasteiger partial charge on any atom is -0.495 e. The smallest absolute Gasteiger partial charge is 0.269 e. The first-order valence-corrected chi connectivity index (χ1v) is 8.20. The minimum atomic E-state index is -0.454. The number of anilines is 1. The summed E-state index contributed by atoms with van der Waals surface area (Å²) in [5, 5.41) is 14.7.